The van der Waals surface area contributed by atoms with Gasteiger partial charge in [0.05, 0.1) is 4.83 Å². The summed E-state index contributed by atoms with van der Waals surface area (Å²) in [6, 6.07) is 21.3. The van der Waals surface area contributed by atoms with E-state index in [4.69, 9.17) is 4.74 Å². The van der Waals surface area contributed by atoms with Gasteiger partial charge in [-0.3, -0.25) is 9.59 Å². The van der Waals surface area contributed by atoms with Crippen LogP contribution >= 0.6 is 15.9 Å². The number of fused-ring (bicyclic) bond motifs is 5. The Morgan fingerprint density at radius 2 is 1.52 bits per heavy atom. The van der Waals surface area contributed by atoms with E-state index in [1.54, 1.807) is 0 Å². The van der Waals surface area contributed by atoms with E-state index in [2.05, 4.69) is 110 Å². The van der Waals surface area contributed by atoms with Crippen molar-refractivity contribution in [2.45, 2.75) is 83.6 Å². The first kappa shape index (κ1) is 29.6. The predicted octanol–water partition coefficient (Wildman–Crippen LogP) is 9.21. The zero-order valence-electron chi connectivity index (χ0n) is 25.5. The minimum absolute atomic E-state index is 0.00399. The van der Waals surface area contributed by atoms with Crippen molar-refractivity contribution in [1.29, 1.82) is 0 Å². The Labute approximate surface area is 260 Å². The van der Waals surface area contributed by atoms with Gasteiger partial charge >= 0.3 is 5.97 Å². The number of rotatable bonds is 5. The summed E-state index contributed by atoms with van der Waals surface area (Å²) < 4.78 is 5.65. The third-order valence-corrected chi connectivity index (χ3v) is 13.4. The molecule has 0 radical (unpaired) electrons. The molecule has 2 aromatic carbocycles. The second-order valence-electron chi connectivity index (χ2n) is 14.0. The highest BCUT2D eigenvalue weighted by atomic mass is 79.9. The number of alkyl halides is 1. The SMILES string of the molecule is CC(=O)O[C@H]1CC[C@@]2(C)[C@@H](CC[C@H]3[C@H]2C(=O)[C@@H](Br)[C@]2(C)[C@@H]3CC[C@H]2/C(C)=C\C=C(c2ccccc2)c2ccccc2)C1. The highest BCUT2D eigenvalue weighted by Gasteiger charge is 2.66. The molecule has 0 unspecified atom stereocenters. The Morgan fingerprint density at radius 3 is 2.14 bits per heavy atom. The average molecular weight is 630 g/mol. The second-order valence-corrected chi connectivity index (χ2v) is 14.9. The van der Waals surface area contributed by atoms with E-state index in [0.29, 0.717) is 29.5 Å². The van der Waals surface area contributed by atoms with Crippen molar-refractivity contribution in [3.63, 3.8) is 0 Å². The molecular formula is C38H45BrO3. The Balaban J connectivity index is 1.29. The molecule has 0 saturated heterocycles. The number of hydrogen-bond acceptors (Lipinski definition) is 3. The molecule has 9 atom stereocenters. The first-order valence-electron chi connectivity index (χ1n) is 16.0. The van der Waals surface area contributed by atoms with Gasteiger partial charge in [0.2, 0.25) is 0 Å². The number of halogens is 1. The maximum Gasteiger partial charge on any atom is 0.302 e. The fourth-order valence-corrected chi connectivity index (χ4v) is 10.9. The van der Waals surface area contributed by atoms with Crippen molar-refractivity contribution in [3.05, 3.63) is 89.5 Å². The normalized spacial score (nSPS) is 37.7. The van der Waals surface area contributed by atoms with Crippen LogP contribution in [0.5, 0.6) is 0 Å². The number of hydrogen-bond donors (Lipinski definition) is 0. The lowest BCUT2D eigenvalue weighted by Crippen LogP contribution is -2.62. The smallest absolute Gasteiger partial charge is 0.302 e. The number of Topliss-reactive ketones (excluding diaryl/α,β-unsaturated/α-hetero) is 1. The minimum atomic E-state index is -0.183. The Hall–Kier alpha value is -2.46. The van der Waals surface area contributed by atoms with E-state index in [1.807, 2.05) is 0 Å². The zero-order valence-corrected chi connectivity index (χ0v) is 27.1. The van der Waals surface area contributed by atoms with Crippen LogP contribution in [0.1, 0.15) is 83.8 Å². The lowest BCUT2D eigenvalue weighted by molar-refractivity contribution is -0.167. The van der Waals surface area contributed by atoms with Crippen LogP contribution in [-0.4, -0.2) is 22.7 Å². The standard InChI is InChI=1S/C38H45BrO3/c1-24(15-17-30(26-11-7-5-8-12-26)27-13-9-6-10-14-27)32-19-20-33-31-18-16-28-23-29(42-25(2)40)21-22-37(28,3)34(31)35(41)36(39)38(32,33)4/h5-15,17,28-29,31-34,36H,16,18-23H2,1-4H3/b24-15-/t28-,29-,31+,32-,33+,34-,36+,37-,38-/m0/s1. The van der Waals surface area contributed by atoms with Gasteiger partial charge in [-0.15, -0.1) is 0 Å². The van der Waals surface area contributed by atoms with Gasteiger partial charge in [0.15, 0.2) is 5.78 Å². The topological polar surface area (TPSA) is 43.4 Å². The summed E-state index contributed by atoms with van der Waals surface area (Å²) in [5.41, 5.74) is 4.93. The van der Waals surface area contributed by atoms with Crippen LogP contribution in [0.3, 0.4) is 0 Å². The van der Waals surface area contributed by atoms with Crippen LogP contribution in [0, 0.1) is 40.4 Å². The predicted molar refractivity (Wildman–Crippen MR) is 173 cm³/mol. The van der Waals surface area contributed by atoms with Crippen molar-refractivity contribution in [2.75, 3.05) is 0 Å². The molecule has 6 rings (SSSR count). The number of ether oxygens (including phenoxy) is 1. The fraction of sp³-hybridized carbons (Fsp3) is 0.526. The molecule has 0 N–H and O–H groups in total. The molecule has 2 aromatic rings. The van der Waals surface area contributed by atoms with Crippen LogP contribution in [0.15, 0.2) is 78.4 Å². The lowest BCUT2D eigenvalue weighted by atomic mass is 9.44. The molecule has 4 saturated carbocycles. The summed E-state index contributed by atoms with van der Waals surface area (Å²) in [5, 5.41) is 0. The Kier molecular flexibility index (Phi) is 8.15. The van der Waals surface area contributed by atoms with Crippen molar-refractivity contribution < 1.29 is 14.3 Å². The molecule has 222 valence electrons. The van der Waals surface area contributed by atoms with E-state index in [0.717, 1.165) is 38.5 Å². The number of ketones is 1. The molecule has 4 aliphatic rings. The molecule has 4 heteroatoms. The molecule has 0 bridgehead atoms. The Morgan fingerprint density at radius 1 is 0.881 bits per heavy atom. The lowest BCUT2D eigenvalue weighted by Gasteiger charge is -2.61. The molecule has 42 heavy (non-hydrogen) atoms. The van der Waals surface area contributed by atoms with Crippen LogP contribution in [0.25, 0.3) is 5.57 Å². The number of allylic oxidation sites excluding steroid dienone is 3. The Bertz CT molecular complexity index is 1340. The van der Waals surface area contributed by atoms with Gasteiger partial charge in [0, 0.05) is 12.8 Å². The molecule has 3 nitrogen and oxygen atoms in total. The van der Waals surface area contributed by atoms with E-state index in [9.17, 15) is 9.59 Å². The minimum Gasteiger partial charge on any atom is -0.463 e. The molecule has 0 aliphatic heterocycles. The van der Waals surface area contributed by atoms with Crippen molar-refractivity contribution in [1.82, 2.24) is 0 Å². The van der Waals surface area contributed by atoms with Crippen molar-refractivity contribution in [2.24, 2.45) is 40.4 Å². The third kappa shape index (κ3) is 4.96. The molecule has 0 amide bonds. The molecule has 0 heterocycles. The first-order valence-corrected chi connectivity index (χ1v) is 16.9. The average Bonchev–Trinajstić information content (AvgIpc) is 3.35. The zero-order chi connectivity index (χ0) is 29.6. The monoisotopic (exact) mass is 628 g/mol. The first-order chi connectivity index (χ1) is 20.1. The molecule has 4 aliphatic carbocycles. The summed E-state index contributed by atoms with van der Waals surface area (Å²) in [6.45, 7) is 8.59. The molecule has 0 spiro atoms. The van der Waals surface area contributed by atoms with E-state index >= 15 is 0 Å². The van der Waals surface area contributed by atoms with E-state index < -0.39 is 0 Å². The number of carbonyl (C=O) groups is 2. The third-order valence-electron chi connectivity index (χ3n) is 12.0. The molecular weight excluding hydrogens is 584 g/mol. The van der Waals surface area contributed by atoms with Crippen LogP contribution in [0.4, 0.5) is 0 Å². The van der Waals surface area contributed by atoms with E-state index in [-0.39, 0.29) is 33.6 Å². The summed E-state index contributed by atoms with van der Waals surface area (Å²) >= 11 is 4.06. The largest absolute Gasteiger partial charge is 0.463 e. The van der Waals surface area contributed by atoms with Gasteiger partial charge in [-0.05, 0) is 103 Å². The van der Waals surface area contributed by atoms with Crippen LogP contribution in [0.2, 0.25) is 0 Å². The highest BCUT2D eigenvalue weighted by molar-refractivity contribution is 9.10. The van der Waals surface area contributed by atoms with E-state index in [1.165, 1.54) is 35.6 Å². The summed E-state index contributed by atoms with van der Waals surface area (Å²) in [6.07, 6.45) is 12.0. The van der Waals surface area contributed by atoms with Gasteiger partial charge in [0.25, 0.3) is 0 Å². The van der Waals surface area contributed by atoms with Crippen LogP contribution in [-0.2, 0) is 14.3 Å². The highest BCUT2D eigenvalue weighted by Crippen LogP contribution is 2.68. The fourth-order valence-electron chi connectivity index (χ4n) is 9.97. The van der Waals surface area contributed by atoms with Crippen molar-refractivity contribution in [3.8, 4) is 0 Å². The quantitative estimate of drug-likeness (QED) is 0.188. The molecule has 4 fully saturated rings. The number of benzene rings is 2. The summed E-state index contributed by atoms with van der Waals surface area (Å²) in [4.78, 5) is 26.0. The van der Waals surface area contributed by atoms with Gasteiger partial charge in [-0.25, -0.2) is 0 Å². The summed E-state index contributed by atoms with van der Waals surface area (Å²) in [5.74, 6) is 2.14. The van der Waals surface area contributed by atoms with Crippen LogP contribution < -0.4 is 0 Å². The number of carbonyl (C=O) groups excluding carboxylic acids is 2. The molecule has 0 aromatic heterocycles. The maximum absolute atomic E-state index is 14.5. The maximum atomic E-state index is 14.5. The van der Waals surface area contributed by atoms with Gasteiger partial charge in [-0.1, -0.05) is 108 Å². The van der Waals surface area contributed by atoms with Gasteiger partial charge in [0.1, 0.15) is 6.10 Å². The van der Waals surface area contributed by atoms with Crippen molar-refractivity contribution >= 4 is 33.3 Å². The van der Waals surface area contributed by atoms with Gasteiger partial charge in [-0.2, -0.15) is 0 Å². The van der Waals surface area contributed by atoms with Gasteiger partial charge < -0.3 is 4.74 Å². The summed E-state index contributed by atoms with van der Waals surface area (Å²) in [7, 11) is 0. The second kappa shape index (κ2) is 11.6. The number of esters is 1.